The number of aromatic nitrogens is 7. The molecule has 4 aromatic heterocycles. The zero-order valence-corrected chi connectivity index (χ0v) is 41.0. The third kappa shape index (κ3) is 7.72. The Morgan fingerprint density at radius 3 is 1.85 bits per heavy atom. The minimum absolute atomic E-state index is 0.105. The summed E-state index contributed by atoms with van der Waals surface area (Å²) in [6.07, 6.45) is 19.4. The molecule has 5 atom stereocenters. The van der Waals surface area contributed by atoms with Crippen molar-refractivity contribution in [2.75, 3.05) is 19.8 Å². The highest BCUT2D eigenvalue weighted by Gasteiger charge is 2.63. The van der Waals surface area contributed by atoms with Crippen molar-refractivity contribution >= 4 is 66.9 Å². The van der Waals surface area contributed by atoms with Gasteiger partial charge in [0.05, 0.1) is 6.54 Å². The topological polar surface area (TPSA) is 226 Å². The van der Waals surface area contributed by atoms with Gasteiger partial charge in [0, 0.05) is 81.8 Å². The summed E-state index contributed by atoms with van der Waals surface area (Å²) in [4.78, 5) is 61.7. The molecule has 6 aromatic rings. The lowest BCUT2D eigenvalue weighted by atomic mass is 9.85. The van der Waals surface area contributed by atoms with E-state index >= 15 is 0 Å². The fourth-order valence-corrected chi connectivity index (χ4v) is 15.1. The summed E-state index contributed by atoms with van der Waals surface area (Å²) in [7, 11) is -4.50. The fourth-order valence-electron chi connectivity index (χ4n) is 11.6. The summed E-state index contributed by atoms with van der Waals surface area (Å²) in [6.45, 7) is 2.63. The first-order valence-electron chi connectivity index (χ1n) is 25.5. The Morgan fingerprint density at radius 1 is 0.589 bits per heavy atom. The van der Waals surface area contributed by atoms with Gasteiger partial charge in [-0.25, -0.2) is 49.9 Å². The van der Waals surface area contributed by atoms with Crippen LogP contribution in [0, 0.1) is 11.8 Å². The van der Waals surface area contributed by atoms with Crippen LogP contribution in [0.3, 0.4) is 0 Å². The molecule has 14 rings (SSSR count). The SMILES string of the molecule is C1=NC2=C(NC1)C1=Nc3c4nccnc4c4n3[Si](OC[C@H]3CCCCC3NCc3ccccc3)(OC[C@H]3CCCCC3NCc3ccccc3)N3C(=NC2=N1)c1nccnc1C3NC1=NC(=N4)c2nccnc21. The van der Waals surface area contributed by atoms with Crippen molar-refractivity contribution in [1.29, 1.82) is 0 Å². The van der Waals surface area contributed by atoms with E-state index in [1.807, 2.05) is 6.21 Å². The summed E-state index contributed by atoms with van der Waals surface area (Å²) in [5, 5.41) is 15.2. The Hall–Kier alpha value is -7.56. The van der Waals surface area contributed by atoms with Gasteiger partial charge in [0.25, 0.3) is 0 Å². The Labute approximate surface area is 421 Å². The van der Waals surface area contributed by atoms with Crippen molar-refractivity contribution < 1.29 is 8.85 Å². The maximum atomic E-state index is 8.11. The van der Waals surface area contributed by atoms with E-state index in [2.05, 4.69) is 90.7 Å². The molecule has 0 radical (unpaired) electrons. The molecule has 6 bridgehead atoms. The third-order valence-electron chi connectivity index (χ3n) is 15.2. The zero-order chi connectivity index (χ0) is 48.3. The molecule has 2 aliphatic carbocycles. The molecule has 2 aromatic carbocycles. The van der Waals surface area contributed by atoms with Crippen LogP contribution in [0.4, 0.5) is 11.6 Å². The van der Waals surface area contributed by atoms with Crippen molar-refractivity contribution in [3.05, 3.63) is 143 Å². The van der Waals surface area contributed by atoms with Crippen LogP contribution in [0.2, 0.25) is 0 Å². The smallest absolute Gasteiger partial charge is 0.375 e. The molecule has 0 saturated heterocycles. The number of amidine groups is 5. The zero-order valence-electron chi connectivity index (χ0n) is 40.0. The van der Waals surface area contributed by atoms with Gasteiger partial charge in [-0.1, -0.05) is 86.3 Å². The first kappa shape index (κ1) is 44.2. The highest BCUT2D eigenvalue weighted by Crippen LogP contribution is 2.47. The van der Waals surface area contributed by atoms with Gasteiger partial charge >= 0.3 is 8.88 Å². The fraction of sp³-hybridized carbons (Fsp3) is 0.346. The lowest BCUT2D eigenvalue weighted by Crippen LogP contribution is -2.68. The molecular weight excluding hydrogens is 937 g/mol. The van der Waals surface area contributed by atoms with Crippen molar-refractivity contribution in [3.8, 4) is 0 Å². The molecule has 0 spiro atoms. The quantitative estimate of drug-likeness (QED) is 0.110. The predicted molar refractivity (Wildman–Crippen MR) is 278 cm³/mol. The Morgan fingerprint density at radius 2 is 1.18 bits per heavy atom. The van der Waals surface area contributed by atoms with Gasteiger partial charge in [0.1, 0.15) is 51.4 Å². The standard InChI is InChI=1S/C52H52N18O2Si/c1-3-11-31(12-4-1)27-61-35-17-9-7-15-33(35)29-71-73(72-30-34-16-8-10-18-36(34)62-28-32-13-5-2-6-14-32)69-49-41-42(58-24-23-57-41)51(69)67-47-39-40(56-22-21-55-39)48(64-47)68-52-44-43(59-25-26-60-44)50(70(52)73)66-46-38-37(45(63-46)65-49)53-19-20-54-38/h1-6,11-14,19-21,23-26,33-36,49,56,61-62H,7-10,15-18,22,27-30H2,(H,63,65,66)/t33-,34-,35?,36?,49?,73?/m1/s1. The Kier molecular flexibility index (Phi) is 11.2. The van der Waals surface area contributed by atoms with Crippen molar-refractivity contribution in [1.82, 2.24) is 60.0 Å². The lowest BCUT2D eigenvalue weighted by molar-refractivity contribution is 0.0542. The van der Waals surface area contributed by atoms with Gasteiger partial charge in [-0.05, 0) is 48.6 Å². The molecule has 0 amide bonds. The Bertz CT molecular complexity index is 3300. The van der Waals surface area contributed by atoms with Gasteiger partial charge in [0.15, 0.2) is 40.8 Å². The average Bonchev–Trinajstić information content (AvgIpc) is 4.18. The van der Waals surface area contributed by atoms with E-state index in [9.17, 15) is 0 Å². The third-order valence-corrected chi connectivity index (χ3v) is 18.3. The summed E-state index contributed by atoms with van der Waals surface area (Å²) >= 11 is 0. The summed E-state index contributed by atoms with van der Waals surface area (Å²) in [6, 6.07) is 21.5. The van der Waals surface area contributed by atoms with Crippen LogP contribution in [0.15, 0.2) is 139 Å². The molecule has 4 N–H and O–H groups in total. The van der Waals surface area contributed by atoms with Crippen molar-refractivity contribution in [2.24, 2.45) is 41.8 Å². The molecule has 8 aliphatic rings. The number of rotatable bonds is 12. The molecule has 2 fully saturated rings. The van der Waals surface area contributed by atoms with E-state index in [1.165, 1.54) is 11.1 Å². The van der Waals surface area contributed by atoms with E-state index in [1.54, 1.807) is 37.2 Å². The first-order chi connectivity index (χ1) is 36.2. The molecule has 3 unspecified atom stereocenters. The van der Waals surface area contributed by atoms with E-state index in [4.69, 9.17) is 68.7 Å². The molecule has 6 aliphatic heterocycles. The largest absolute Gasteiger partial charge is 0.599 e. The first-order valence-corrected chi connectivity index (χ1v) is 27.2. The van der Waals surface area contributed by atoms with Crippen LogP contribution in [0.25, 0.3) is 11.0 Å². The van der Waals surface area contributed by atoms with Crippen LogP contribution in [-0.2, 0) is 21.9 Å². The summed E-state index contributed by atoms with van der Waals surface area (Å²) < 4.78 is 20.4. The number of nitrogens with one attached hydrogen (secondary N) is 4. The minimum Gasteiger partial charge on any atom is -0.375 e. The van der Waals surface area contributed by atoms with Crippen LogP contribution < -0.4 is 21.3 Å². The van der Waals surface area contributed by atoms with Crippen LogP contribution in [-0.4, -0.2) is 115 Å². The number of benzene rings is 2. The normalized spacial score (nSPS) is 25.3. The van der Waals surface area contributed by atoms with Crippen LogP contribution in [0.5, 0.6) is 0 Å². The number of hydrogen-bond acceptors (Lipinski definition) is 19. The molecule has 366 valence electrons. The number of aliphatic imine (C=N–C) groups is 6. The summed E-state index contributed by atoms with van der Waals surface area (Å²) in [5.74, 6) is 3.03. The summed E-state index contributed by atoms with van der Waals surface area (Å²) in [5.41, 5.74) is 6.82. The van der Waals surface area contributed by atoms with Crippen LogP contribution in [0.1, 0.15) is 91.4 Å². The van der Waals surface area contributed by atoms with Crippen molar-refractivity contribution in [2.45, 2.75) is 82.7 Å². The van der Waals surface area contributed by atoms with Gasteiger partial charge in [0.2, 0.25) is 0 Å². The van der Waals surface area contributed by atoms with Gasteiger partial charge in [-0.15, -0.1) is 0 Å². The highest BCUT2D eigenvalue weighted by molar-refractivity contribution is 6.68. The van der Waals surface area contributed by atoms with E-state index in [-0.39, 0.29) is 23.9 Å². The van der Waals surface area contributed by atoms with E-state index < -0.39 is 15.0 Å². The maximum absolute atomic E-state index is 8.11. The minimum atomic E-state index is -4.50. The predicted octanol–water partition coefficient (Wildman–Crippen LogP) is 5.57. The van der Waals surface area contributed by atoms with E-state index in [0.717, 1.165) is 64.5 Å². The number of hydrogen-bond donors (Lipinski definition) is 4. The van der Waals surface area contributed by atoms with E-state index in [0.29, 0.717) is 106 Å². The lowest BCUT2D eigenvalue weighted by Gasteiger charge is -2.45. The van der Waals surface area contributed by atoms with Gasteiger partial charge < -0.3 is 30.1 Å². The van der Waals surface area contributed by atoms with Gasteiger partial charge in [-0.2, -0.15) is 0 Å². The highest BCUT2D eigenvalue weighted by atomic mass is 28.4. The molecule has 21 heteroatoms. The monoisotopic (exact) mass is 988 g/mol. The van der Waals surface area contributed by atoms with Gasteiger partial charge in [-0.3, -0.25) is 18.8 Å². The second kappa shape index (κ2) is 18.5. The number of fused-ring (bicyclic) bond motifs is 13. The van der Waals surface area contributed by atoms with Crippen molar-refractivity contribution in [3.63, 3.8) is 0 Å². The Balaban J connectivity index is 1.01. The second-order valence-corrected chi connectivity index (χ2v) is 22.1. The molecule has 10 heterocycles. The number of nitrogens with zero attached hydrogens (tertiary/aromatic N) is 14. The molecule has 73 heavy (non-hydrogen) atoms. The maximum Gasteiger partial charge on any atom is 0.599 e. The molecule has 20 nitrogen and oxygen atoms in total. The second-order valence-electron chi connectivity index (χ2n) is 19.5. The molecular formula is C52H52N18O2Si. The van der Waals surface area contributed by atoms with Crippen LogP contribution >= 0.6 is 0 Å². The average molecular weight is 989 g/mol. The molecule has 2 saturated carbocycles.